The molecule has 7 heteroatoms. The number of amides is 1. The van der Waals surface area contributed by atoms with Crippen LogP contribution >= 0.6 is 11.3 Å². The van der Waals surface area contributed by atoms with Crippen LogP contribution in [-0.4, -0.2) is 26.5 Å². The predicted molar refractivity (Wildman–Crippen MR) is 74.2 cm³/mol. The van der Waals surface area contributed by atoms with Gasteiger partial charge in [0.2, 0.25) is 0 Å². The molecule has 0 spiro atoms. The van der Waals surface area contributed by atoms with Gasteiger partial charge in [-0.1, -0.05) is 0 Å². The summed E-state index contributed by atoms with van der Waals surface area (Å²) in [5.74, 6) is 0. The number of hydrogen-bond acceptors (Lipinski definition) is 5. The molecule has 0 aliphatic carbocycles. The monoisotopic (exact) mass is 280 g/mol. The van der Waals surface area contributed by atoms with Crippen LogP contribution in [0.15, 0.2) is 17.8 Å². The molecule has 2 aromatic heterocycles. The molecular weight excluding hydrogens is 264 g/mol. The van der Waals surface area contributed by atoms with Gasteiger partial charge in [-0.2, -0.15) is 5.10 Å². The summed E-state index contributed by atoms with van der Waals surface area (Å²) in [6.07, 6.45) is 3.10. The second-order valence-corrected chi connectivity index (χ2v) is 5.93. The maximum atomic E-state index is 11.6. The third kappa shape index (κ3) is 3.78. The van der Waals surface area contributed by atoms with Crippen LogP contribution in [0.5, 0.6) is 0 Å². The first-order chi connectivity index (χ1) is 8.83. The Labute approximate surface area is 115 Å². The molecule has 0 radical (unpaired) electrons. The molecule has 19 heavy (non-hydrogen) atoms. The number of nitrogens with zero attached hydrogens (tertiary/aromatic N) is 3. The Bertz CT molecular complexity index is 583. The Morgan fingerprint density at radius 2 is 2.21 bits per heavy atom. The summed E-state index contributed by atoms with van der Waals surface area (Å²) in [6, 6.07) is 0. The van der Waals surface area contributed by atoms with Crippen LogP contribution < -0.4 is 5.32 Å². The van der Waals surface area contributed by atoms with Gasteiger partial charge in [0.25, 0.3) is 0 Å². The minimum absolute atomic E-state index is 0.500. The van der Waals surface area contributed by atoms with Crippen molar-refractivity contribution in [3.63, 3.8) is 0 Å². The van der Waals surface area contributed by atoms with Gasteiger partial charge in [-0.15, -0.1) is 11.3 Å². The molecule has 2 aromatic rings. The third-order valence-corrected chi connectivity index (χ3v) is 2.87. The minimum atomic E-state index is -0.520. The van der Waals surface area contributed by atoms with Crippen LogP contribution in [-0.2, 0) is 11.8 Å². The Balaban J connectivity index is 2.04. The summed E-state index contributed by atoms with van der Waals surface area (Å²) in [5.41, 5.74) is 1.17. The number of hydrogen-bond donors (Lipinski definition) is 1. The van der Waals surface area contributed by atoms with Gasteiger partial charge in [0.05, 0.1) is 11.9 Å². The number of anilines is 1. The Morgan fingerprint density at radius 1 is 1.47 bits per heavy atom. The van der Waals surface area contributed by atoms with Gasteiger partial charge in [-0.3, -0.25) is 10.00 Å². The number of aromatic nitrogens is 3. The lowest BCUT2D eigenvalue weighted by Crippen LogP contribution is -2.27. The predicted octanol–water partition coefficient (Wildman–Crippen LogP) is 2.89. The van der Waals surface area contributed by atoms with Crippen LogP contribution in [0.25, 0.3) is 11.3 Å². The molecule has 102 valence electrons. The number of aryl methyl sites for hydroxylation is 1. The van der Waals surface area contributed by atoms with Gasteiger partial charge in [-0.25, -0.2) is 9.78 Å². The second kappa shape index (κ2) is 5.00. The van der Waals surface area contributed by atoms with Crippen molar-refractivity contribution in [3.8, 4) is 11.3 Å². The normalized spacial score (nSPS) is 11.4. The van der Waals surface area contributed by atoms with E-state index in [0.29, 0.717) is 5.13 Å². The SMILES string of the molecule is Cn1cc(-c2csc(NC(=O)OC(C)(C)C)n2)cn1. The van der Waals surface area contributed by atoms with E-state index < -0.39 is 11.7 Å². The number of thiazole rings is 1. The van der Waals surface area contributed by atoms with Crippen LogP contribution in [0.4, 0.5) is 9.93 Å². The highest BCUT2D eigenvalue weighted by Gasteiger charge is 2.17. The molecule has 1 N–H and O–H groups in total. The highest BCUT2D eigenvalue weighted by molar-refractivity contribution is 7.14. The fourth-order valence-electron chi connectivity index (χ4n) is 1.41. The summed E-state index contributed by atoms with van der Waals surface area (Å²) in [4.78, 5) is 15.9. The van der Waals surface area contributed by atoms with E-state index in [1.165, 1.54) is 11.3 Å². The molecule has 2 rings (SSSR count). The molecule has 0 aromatic carbocycles. The zero-order valence-corrected chi connectivity index (χ0v) is 12.1. The first-order valence-corrected chi connectivity index (χ1v) is 6.66. The van der Waals surface area contributed by atoms with Crippen molar-refractivity contribution in [3.05, 3.63) is 17.8 Å². The first-order valence-electron chi connectivity index (χ1n) is 5.78. The molecule has 0 atom stereocenters. The number of carbonyl (C=O) groups excluding carboxylic acids is 1. The van der Waals surface area contributed by atoms with Gasteiger partial charge >= 0.3 is 6.09 Å². The zero-order chi connectivity index (χ0) is 14.0. The lowest BCUT2D eigenvalue weighted by molar-refractivity contribution is 0.0636. The van der Waals surface area contributed by atoms with Crippen molar-refractivity contribution < 1.29 is 9.53 Å². The van der Waals surface area contributed by atoms with E-state index in [4.69, 9.17) is 4.74 Å². The Hall–Kier alpha value is -1.89. The lowest BCUT2D eigenvalue weighted by Gasteiger charge is -2.18. The maximum Gasteiger partial charge on any atom is 0.413 e. The molecule has 0 unspecified atom stereocenters. The molecule has 0 bridgehead atoms. The molecule has 0 aliphatic heterocycles. The van der Waals surface area contributed by atoms with Crippen LogP contribution in [0.2, 0.25) is 0 Å². The van der Waals surface area contributed by atoms with Crippen LogP contribution in [0, 0.1) is 0 Å². The Kier molecular flexibility index (Phi) is 3.57. The van der Waals surface area contributed by atoms with Crippen molar-refractivity contribution in [1.29, 1.82) is 0 Å². The molecular formula is C12H16N4O2S. The standard InChI is InChI=1S/C12H16N4O2S/c1-12(2,3)18-11(17)15-10-14-9(7-19-10)8-5-13-16(4)6-8/h5-7H,1-4H3,(H,14,15,17). The molecule has 0 fully saturated rings. The number of ether oxygens (including phenoxy) is 1. The van der Waals surface area contributed by atoms with Crippen molar-refractivity contribution in [2.45, 2.75) is 26.4 Å². The van der Waals surface area contributed by atoms with Gasteiger partial charge in [0.15, 0.2) is 5.13 Å². The number of carbonyl (C=O) groups is 1. The first kappa shape index (κ1) is 13.5. The molecule has 2 heterocycles. The van der Waals surface area contributed by atoms with Gasteiger partial charge in [0, 0.05) is 24.2 Å². The second-order valence-electron chi connectivity index (χ2n) is 5.07. The maximum absolute atomic E-state index is 11.6. The largest absolute Gasteiger partial charge is 0.444 e. The minimum Gasteiger partial charge on any atom is -0.444 e. The van der Waals surface area contributed by atoms with Gasteiger partial charge in [-0.05, 0) is 20.8 Å². The summed E-state index contributed by atoms with van der Waals surface area (Å²) in [6.45, 7) is 5.44. The van der Waals surface area contributed by atoms with Crippen molar-refractivity contribution >= 4 is 22.6 Å². The van der Waals surface area contributed by atoms with E-state index in [2.05, 4.69) is 15.4 Å². The quantitative estimate of drug-likeness (QED) is 0.918. The van der Waals surface area contributed by atoms with Crippen molar-refractivity contribution in [1.82, 2.24) is 14.8 Å². The molecule has 0 aliphatic rings. The van der Waals surface area contributed by atoms with E-state index in [1.54, 1.807) is 10.9 Å². The average Bonchev–Trinajstić information content (AvgIpc) is 2.83. The fraction of sp³-hybridized carbons (Fsp3) is 0.417. The number of rotatable bonds is 2. The summed E-state index contributed by atoms with van der Waals surface area (Å²) in [7, 11) is 1.84. The van der Waals surface area contributed by atoms with Crippen molar-refractivity contribution in [2.24, 2.45) is 7.05 Å². The van der Waals surface area contributed by atoms with Crippen LogP contribution in [0.3, 0.4) is 0 Å². The fourth-order valence-corrected chi connectivity index (χ4v) is 2.11. The topological polar surface area (TPSA) is 69.0 Å². The highest BCUT2D eigenvalue weighted by atomic mass is 32.1. The van der Waals surface area contributed by atoms with Gasteiger partial charge < -0.3 is 4.74 Å². The van der Waals surface area contributed by atoms with E-state index >= 15 is 0 Å². The van der Waals surface area contributed by atoms with E-state index in [9.17, 15) is 4.79 Å². The molecule has 0 saturated carbocycles. The highest BCUT2D eigenvalue weighted by Crippen LogP contribution is 2.24. The average molecular weight is 280 g/mol. The zero-order valence-electron chi connectivity index (χ0n) is 11.3. The smallest absolute Gasteiger partial charge is 0.413 e. The van der Waals surface area contributed by atoms with Crippen LogP contribution in [0.1, 0.15) is 20.8 Å². The molecule has 6 nitrogen and oxygen atoms in total. The van der Waals surface area contributed by atoms with Gasteiger partial charge in [0.1, 0.15) is 5.60 Å². The van der Waals surface area contributed by atoms with E-state index in [-0.39, 0.29) is 0 Å². The molecule has 0 saturated heterocycles. The Morgan fingerprint density at radius 3 is 2.79 bits per heavy atom. The van der Waals surface area contributed by atoms with E-state index in [1.807, 2.05) is 39.4 Å². The summed E-state index contributed by atoms with van der Waals surface area (Å²) < 4.78 is 6.86. The van der Waals surface area contributed by atoms with E-state index in [0.717, 1.165) is 11.3 Å². The lowest BCUT2D eigenvalue weighted by atomic mass is 10.2. The summed E-state index contributed by atoms with van der Waals surface area (Å²) >= 11 is 1.35. The molecule has 1 amide bonds. The number of nitrogens with one attached hydrogen (secondary N) is 1. The van der Waals surface area contributed by atoms with Crippen molar-refractivity contribution in [2.75, 3.05) is 5.32 Å². The third-order valence-electron chi connectivity index (χ3n) is 2.11. The summed E-state index contributed by atoms with van der Waals surface area (Å²) in [5, 5.41) is 9.07.